The Labute approximate surface area is 109 Å². The van der Waals surface area contributed by atoms with E-state index in [9.17, 15) is 4.79 Å². The maximum Gasteiger partial charge on any atom is 0.356 e. The molecule has 0 aliphatic rings. The Hall–Kier alpha value is -1.20. The van der Waals surface area contributed by atoms with Gasteiger partial charge in [0.2, 0.25) is 0 Å². The first-order valence-electron chi connectivity index (χ1n) is 4.97. The third-order valence-corrected chi connectivity index (χ3v) is 3.11. The first kappa shape index (κ1) is 13.9. The zero-order valence-electron chi connectivity index (χ0n) is 9.15. The van der Waals surface area contributed by atoms with Gasteiger partial charge in [-0.25, -0.2) is 9.78 Å². The van der Waals surface area contributed by atoms with E-state index in [2.05, 4.69) is 16.9 Å². The summed E-state index contributed by atoms with van der Waals surface area (Å²) in [6.45, 7) is 4.34. The molecule has 0 saturated carbocycles. The third-order valence-electron chi connectivity index (χ3n) is 1.84. The third kappa shape index (κ3) is 4.66. The Morgan fingerprint density at radius 3 is 3.06 bits per heavy atom. The van der Waals surface area contributed by atoms with Gasteiger partial charge >= 0.3 is 5.97 Å². The number of thioether (sulfide) groups is 1. The van der Waals surface area contributed by atoms with Gasteiger partial charge < -0.3 is 10.4 Å². The number of carboxylic acid groups (broad SMARTS) is 1. The fraction of sp³-hybridized carbons (Fsp3) is 0.273. The lowest BCUT2D eigenvalue weighted by molar-refractivity contribution is 0.0691. The van der Waals surface area contributed by atoms with E-state index in [1.54, 1.807) is 17.8 Å². The predicted molar refractivity (Wildman–Crippen MR) is 72.2 cm³/mol. The molecule has 0 saturated heterocycles. The number of aromatic nitrogens is 1. The molecule has 17 heavy (non-hydrogen) atoms. The molecule has 0 aliphatic heterocycles. The normalized spacial score (nSPS) is 9.94. The first-order chi connectivity index (χ1) is 8.15. The number of nitrogens with one attached hydrogen (secondary N) is 1. The van der Waals surface area contributed by atoms with Crippen LogP contribution in [0.3, 0.4) is 0 Å². The molecule has 4 nitrogen and oxygen atoms in total. The van der Waals surface area contributed by atoms with Crippen LogP contribution in [0, 0.1) is 0 Å². The van der Waals surface area contributed by atoms with Gasteiger partial charge in [-0.15, -0.1) is 6.58 Å². The van der Waals surface area contributed by atoms with Crippen LogP contribution >= 0.6 is 23.4 Å². The van der Waals surface area contributed by atoms with Crippen LogP contribution in [0.15, 0.2) is 24.8 Å². The first-order valence-corrected chi connectivity index (χ1v) is 6.50. The van der Waals surface area contributed by atoms with Crippen LogP contribution in [-0.4, -0.2) is 34.1 Å². The van der Waals surface area contributed by atoms with Crippen molar-refractivity contribution >= 4 is 35.1 Å². The number of hydrogen-bond acceptors (Lipinski definition) is 4. The zero-order chi connectivity index (χ0) is 12.7. The van der Waals surface area contributed by atoms with Gasteiger partial charge in [0, 0.05) is 18.1 Å². The highest BCUT2D eigenvalue weighted by molar-refractivity contribution is 7.99. The van der Waals surface area contributed by atoms with Crippen LogP contribution in [0.5, 0.6) is 0 Å². The maximum atomic E-state index is 10.8. The lowest BCUT2D eigenvalue weighted by atomic mass is 10.3. The summed E-state index contributed by atoms with van der Waals surface area (Å²) in [5, 5.41) is 12.0. The number of pyridine rings is 1. The number of carbonyl (C=O) groups is 1. The molecule has 6 heteroatoms. The minimum Gasteiger partial charge on any atom is -0.476 e. The van der Waals surface area contributed by atoms with Crippen LogP contribution in [0.2, 0.25) is 5.02 Å². The molecular weight excluding hydrogens is 260 g/mol. The van der Waals surface area contributed by atoms with E-state index in [4.69, 9.17) is 16.7 Å². The molecular formula is C11H13ClN2O2S. The number of hydrogen-bond donors (Lipinski definition) is 2. The van der Waals surface area contributed by atoms with Crippen molar-refractivity contribution in [1.82, 2.24) is 4.98 Å². The molecule has 0 aliphatic carbocycles. The van der Waals surface area contributed by atoms with E-state index in [1.165, 1.54) is 6.07 Å². The van der Waals surface area contributed by atoms with E-state index in [-0.39, 0.29) is 10.7 Å². The van der Waals surface area contributed by atoms with Gasteiger partial charge in [-0.05, 0) is 12.1 Å². The number of anilines is 1. The standard InChI is InChI=1S/C11H13ClN2O2S/c1-2-6-17-7-5-13-9-4-3-8(12)10(14-9)11(15)16/h2-4H,1,5-7H2,(H,13,14)(H,15,16). The van der Waals surface area contributed by atoms with E-state index in [0.717, 1.165) is 11.5 Å². The highest BCUT2D eigenvalue weighted by Crippen LogP contribution is 2.16. The number of halogens is 1. The second-order valence-corrected chi connectivity index (χ2v) is 4.68. The molecule has 0 atom stereocenters. The van der Waals surface area contributed by atoms with Gasteiger partial charge in [-0.2, -0.15) is 11.8 Å². The second kappa shape index (κ2) is 7.19. The average molecular weight is 273 g/mol. The Morgan fingerprint density at radius 1 is 1.65 bits per heavy atom. The van der Waals surface area contributed by atoms with E-state index in [0.29, 0.717) is 12.4 Å². The van der Waals surface area contributed by atoms with Crippen molar-refractivity contribution in [2.24, 2.45) is 0 Å². The van der Waals surface area contributed by atoms with Crippen LogP contribution in [-0.2, 0) is 0 Å². The van der Waals surface area contributed by atoms with E-state index >= 15 is 0 Å². The minimum atomic E-state index is -1.13. The topological polar surface area (TPSA) is 62.2 Å². The van der Waals surface area contributed by atoms with Crippen molar-refractivity contribution in [1.29, 1.82) is 0 Å². The summed E-state index contributed by atoms with van der Waals surface area (Å²) < 4.78 is 0. The van der Waals surface area contributed by atoms with Crippen molar-refractivity contribution in [3.8, 4) is 0 Å². The molecule has 0 fully saturated rings. The molecule has 1 aromatic heterocycles. The average Bonchev–Trinajstić information content (AvgIpc) is 2.30. The summed E-state index contributed by atoms with van der Waals surface area (Å²) in [6.07, 6.45) is 1.84. The summed E-state index contributed by atoms with van der Waals surface area (Å²) in [5.41, 5.74) is -0.129. The Morgan fingerprint density at radius 2 is 2.41 bits per heavy atom. The fourth-order valence-corrected chi connectivity index (χ4v) is 1.87. The summed E-state index contributed by atoms with van der Waals surface area (Å²) in [6, 6.07) is 3.18. The van der Waals surface area contributed by atoms with Crippen molar-refractivity contribution in [3.05, 3.63) is 35.5 Å². The zero-order valence-corrected chi connectivity index (χ0v) is 10.7. The van der Waals surface area contributed by atoms with Gasteiger partial charge in [0.1, 0.15) is 5.82 Å². The monoisotopic (exact) mass is 272 g/mol. The molecule has 1 aromatic rings. The molecule has 0 bridgehead atoms. The summed E-state index contributed by atoms with van der Waals surface area (Å²) in [4.78, 5) is 14.7. The van der Waals surface area contributed by atoms with E-state index in [1.807, 2.05) is 6.08 Å². The maximum absolute atomic E-state index is 10.8. The SMILES string of the molecule is C=CCSCCNc1ccc(Cl)c(C(=O)O)n1. The predicted octanol–water partition coefficient (Wildman–Crippen LogP) is 2.76. The number of carboxylic acids is 1. The summed E-state index contributed by atoms with van der Waals surface area (Å²) >= 11 is 7.44. The Kier molecular flexibility index (Phi) is 5.86. The molecule has 1 rings (SSSR count). The molecule has 0 amide bonds. The molecule has 92 valence electrons. The fourth-order valence-electron chi connectivity index (χ4n) is 1.11. The minimum absolute atomic E-state index is 0.129. The number of nitrogens with zero attached hydrogens (tertiary/aromatic N) is 1. The van der Waals surface area contributed by atoms with Gasteiger partial charge in [-0.1, -0.05) is 17.7 Å². The van der Waals surface area contributed by atoms with Crippen LogP contribution in [0.25, 0.3) is 0 Å². The molecule has 0 aromatic carbocycles. The highest BCUT2D eigenvalue weighted by Gasteiger charge is 2.10. The van der Waals surface area contributed by atoms with Crippen LogP contribution < -0.4 is 5.32 Å². The lowest BCUT2D eigenvalue weighted by Gasteiger charge is -2.06. The van der Waals surface area contributed by atoms with Crippen molar-refractivity contribution in [3.63, 3.8) is 0 Å². The number of rotatable bonds is 7. The van der Waals surface area contributed by atoms with Crippen molar-refractivity contribution in [2.45, 2.75) is 0 Å². The van der Waals surface area contributed by atoms with Crippen LogP contribution in [0.4, 0.5) is 5.82 Å². The smallest absolute Gasteiger partial charge is 0.356 e. The van der Waals surface area contributed by atoms with E-state index < -0.39 is 5.97 Å². The quantitative estimate of drug-likeness (QED) is 0.590. The van der Waals surface area contributed by atoms with Gasteiger partial charge in [0.25, 0.3) is 0 Å². The molecule has 1 heterocycles. The largest absolute Gasteiger partial charge is 0.476 e. The van der Waals surface area contributed by atoms with Gasteiger partial charge in [0.05, 0.1) is 5.02 Å². The van der Waals surface area contributed by atoms with Gasteiger partial charge in [-0.3, -0.25) is 0 Å². The lowest BCUT2D eigenvalue weighted by Crippen LogP contribution is -2.09. The molecule has 2 N–H and O–H groups in total. The molecule has 0 radical (unpaired) electrons. The Balaban J connectivity index is 2.51. The summed E-state index contributed by atoms with van der Waals surface area (Å²) in [7, 11) is 0. The molecule has 0 unspecified atom stereocenters. The molecule has 0 spiro atoms. The van der Waals surface area contributed by atoms with Gasteiger partial charge in [0.15, 0.2) is 5.69 Å². The highest BCUT2D eigenvalue weighted by atomic mass is 35.5. The second-order valence-electron chi connectivity index (χ2n) is 3.12. The Bertz CT molecular complexity index is 412. The number of aromatic carboxylic acids is 1. The van der Waals surface area contributed by atoms with Crippen molar-refractivity contribution in [2.75, 3.05) is 23.4 Å². The van der Waals surface area contributed by atoms with Crippen molar-refractivity contribution < 1.29 is 9.90 Å². The summed E-state index contributed by atoms with van der Waals surface area (Å²) in [5.74, 6) is 1.19. The van der Waals surface area contributed by atoms with Crippen LogP contribution in [0.1, 0.15) is 10.5 Å².